The van der Waals surface area contributed by atoms with Crippen LogP contribution in [0.15, 0.2) is 48.5 Å². The summed E-state index contributed by atoms with van der Waals surface area (Å²) in [5, 5.41) is 3.52. The summed E-state index contributed by atoms with van der Waals surface area (Å²) < 4.78 is 0. The summed E-state index contributed by atoms with van der Waals surface area (Å²) in [4.78, 5) is 2.64. The van der Waals surface area contributed by atoms with Gasteiger partial charge in [0.15, 0.2) is 0 Å². The standard InChI is InChI=1S/C20H26N2/c1-16-7-5-9-18(15-16)20(19-10-4-3-8-17(19)2)22-13-6-11-21-12-14-22/h3-5,7-10,15,20-21H,6,11-14H2,1-2H3. The highest BCUT2D eigenvalue weighted by Crippen LogP contribution is 2.31. The van der Waals surface area contributed by atoms with Gasteiger partial charge in [0, 0.05) is 19.6 Å². The van der Waals surface area contributed by atoms with Crippen LogP contribution in [0.25, 0.3) is 0 Å². The Hall–Kier alpha value is -1.64. The van der Waals surface area contributed by atoms with Gasteiger partial charge in [0.1, 0.15) is 0 Å². The fraction of sp³-hybridized carbons (Fsp3) is 0.400. The van der Waals surface area contributed by atoms with E-state index in [9.17, 15) is 0 Å². The predicted molar refractivity (Wildman–Crippen MR) is 93.3 cm³/mol. The molecule has 22 heavy (non-hydrogen) atoms. The lowest BCUT2D eigenvalue weighted by atomic mass is 9.92. The zero-order valence-corrected chi connectivity index (χ0v) is 13.7. The number of nitrogens with zero attached hydrogens (tertiary/aromatic N) is 1. The summed E-state index contributed by atoms with van der Waals surface area (Å²) >= 11 is 0. The Morgan fingerprint density at radius 1 is 0.955 bits per heavy atom. The molecule has 1 aliphatic heterocycles. The minimum absolute atomic E-state index is 0.362. The van der Waals surface area contributed by atoms with Gasteiger partial charge in [0.25, 0.3) is 0 Å². The Balaban J connectivity index is 2.03. The number of benzene rings is 2. The van der Waals surface area contributed by atoms with Gasteiger partial charge in [-0.2, -0.15) is 0 Å². The van der Waals surface area contributed by atoms with E-state index in [1.165, 1.54) is 28.7 Å². The van der Waals surface area contributed by atoms with Crippen LogP contribution in [-0.4, -0.2) is 31.1 Å². The van der Waals surface area contributed by atoms with E-state index in [1.54, 1.807) is 0 Å². The minimum Gasteiger partial charge on any atom is -0.315 e. The quantitative estimate of drug-likeness (QED) is 0.929. The van der Waals surface area contributed by atoms with Crippen LogP contribution < -0.4 is 5.32 Å². The Morgan fingerprint density at radius 3 is 2.64 bits per heavy atom. The number of aryl methyl sites for hydroxylation is 2. The topological polar surface area (TPSA) is 15.3 Å². The molecule has 3 rings (SSSR count). The largest absolute Gasteiger partial charge is 0.315 e. The van der Waals surface area contributed by atoms with Crippen molar-refractivity contribution in [2.75, 3.05) is 26.2 Å². The van der Waals surface area contributed by atoms with Crippen LogP contribution in [0.5, 0.6) is 0 Å². The second kappa shape index (κ2) is 7.08. The van der Waals surface area contributed by atoms with E-state index in [0.29, 0.717) is 6.04 Å². The Labute approximate surface area is 134 Å². The van der Waals surface area contributed by atoms with Gasteiger partial charge in [-0.25, -0.2) is 0 Å². The maximum absolute atomic E-state index is 3.52. The van der Waals surface area contributed by atoms with Crippen LogP contribution in [0.2, 0.25) is 0 Å². The average Bonchev–Trinajstić information content (AvgIpc) is 2.79. The number of hydrogen-bond acceptors (Lipinski definition) is 2. The zero-order valence-electron chi connectivity index (χ0n) is 13.7. The third kappa shape index (κ3) is 3.40. The molecule has 1 heterocycles. The van der Waals surface area contributed by atoms with Crippen LogP contribution in [0.4, 0.5) is 0 Å². The lowest BCUT2D eigenvalue weighted by Gasteiger charge is -2.32. The summed E-state index contributed by atoms with van der Waals surface area (Å²) in [5.41, 5.74) is 5.57. The molecule has 1 aliphatic rings. The van der Waals surface area contributed by atoms with E-state index in [1.807, 2.05) is 0 Å². The summed E-state index contributed by atoms with van der Waals surface area (Å²) in [6, 6.07) is 18.2. The average molecular weight is 294 g/mol. The smallest absolute Gasteiger partial charge is 0.0604 e. The fourth-order valence-corrected chi connectivity index (χ4v) is 3.45. The molecule has 0 amide bonds. The monoisotopic (exact) mass is 294 g/mol. The normalized spacial score (nSPS) is 17.9. The Bertz CT molecular complexity index is 613. The molecule has 1 atom stereocenters. The van der Waals surface area contributed by atoms with Crippen molar-refractivity contribution in [3.05, 3.63) is 70.8 Å². The molecule has 1 unspecified atom stereocenters. The summed E-state index contributed by atoms with van der Waals surface area (Å²) in [7, 11) is 0. The van der Waals surface area contributed by atoms with E-state index >= 15 is 0 Å². The molecule has 0 radical (unpaired) electrons. The van der Waals surface area contributed by atoms with E-state index in [-0.39, 0.29) is 0 Å². The zero-order chi connectivity index (χ0) is 15.4. The molecule has 2 aromatic rings. The van der Waals surface area contributed by atoms with Crippen molar-refractivity contribution < 1.29 is 0 Å². The van der Waals surface area contributed by atoms with Gasteiger partial charge < -0.3 is 5.32 Å². The van der Waals surface area contributed by atoms with E-state index in [4.69, 9.17) is 0 Å². The molecule has 0 spiro atoms. The molecule has 2 nitrogen and oxygen atoms in total. The van der Waals surface area contributed by atoms with Crippen molar-refractivity contribution in [2.24, 2.45) is 0 Å². The highest BCUT2D eigenvalue weighted by molar-refractivity contribution is 5.38. The van der Waals surface area contributed by atoms with Gasteiger partial charge in [-0.05, 0) is 43.5 Å². The molecule has 1 N–H and O–H groups in total. The second-order valence-corrected chi connectivity index (χ2v) is 6.31. The van der Waals surface area contributed by atoms with Crippen molar-refractivity contribution in [2.45, 2.75) is 26.3 Å². The van der Waals surface area contributed by atoms with Crippen molar-refractivity contribution in [3.8, 4) is 0 Å². The van der Waals surface area contributed by atoms with Crippen LogP contribution in [0.1, 0.15) is 34.7 Å². The molecule has 0 saturated carbocycles. The maximum atomic E-state index is 3.52. The molecular formula is C20H26N2. The van der Waals surface area contributed by atoms with E-state index in [2.05, 4.69) is 72.6 Å². The van der Waals surface area contributed by atoms with Gasteiger partial charge in [-0.1, -0.05) is 54.1 Å². The second-order valence-electron chi connectivity index (χ2n) is 6.31. The number of hydrogen-bond donors (Lipinski definition) is 1. The number of rotatable bonds is 3. The van der Waals surface area contributed by atoms with Crippen molar-refractivity contribution in [1.29, 1.82) is 0 Å². The molecule has 1 saturated heterocycles. The first-order chi connectivity index (χ1) is 10.8. The summed E-state index contributed by atoms with van der Waals surface area (Å²) in [6.45, 7) is 8.88. The van der Waals surface area contributed by atoms with Gasteiger partial charge in [-0.3, -0.25) is 4.90 Å². The van der Waals surface area contributed by atoms with E-state index < -0.39 is 0 Å². The van der Waals surface area contributed by atoms with Gasteiger partial charge in [0.2, 0.25) is 0 Å². The summed E-state index contributed by atoms with van der Waals surface area (Å²) in [6.07, 6.45) is 1.22. The molecule has 0 aromatic heterocycles. The third-order valence-corrected chi connectivity index (χ3v) is 4.58. The highest BCUT2D eigenvalue weighted by Gasteiger charge is 2.24. The first-order valence-electron chi connectivity index (χ1n) is 8.32. The van der Waals surface area contributed by atoms with Gasteiger partial charge in [-0.15, -0.1) is 0 Å². The van der Waals surface area contributed by atoms with Crippen LogP contribution in [-0.2, 0) is 0 Å². The molecule has 0 aliphatic carbocycles. The van der Waals surface area contributed by atoms with Crippen molar-refractivity contribution in [1.82, 2.24) is 10.2 Å². The third-order valence-electron chi connectivity index (χ3n) is 4.58. The SMILES string of the molecule is Cc1cccc(C(c2ccccc2C)N2CCCNCC2)c1. The molecule has 2 aromatic carbocycles. The first-order valence-corrected chi connectivity index (χ1v) is 8.32. The lowest BCUT2D eigenvalue weighted by Crippen LogP contribution is -2.33. The molecule has 116 valence electrons. The van der Waals surface area contributed by atoms with Crippen LogP contribution >= 0.6 is 0 Å². The molecule has 1 fully saturated rings. The van der Waals surface area contributed by atoms with Crippen molar-refractivity contribution in [3.63, 3.8) is 0 Å². The van der Waals surface area contributed by atoms with Gasteiger partial charge in [0.05, 0.1) is 6.04 Å². The molecule has 2 heteroatoms. The molecule has 0 bridgehead atoms. The Kier molecular flexibility index (Phi) is 4.91. The molecular weight excluding hydrogens is 268 g/mol. The Morgan fingerprint density at radius 2 is 1.82 bits per heavy atom. The first kappa shape index (κ1) is 15.3. The van der Waals surface area contributed by atoms with Crippen molar-refractivity contribution >= 4 is 0 Å². The summed E-state index contributed by atoms with van der Waals surface area (Å²) in [5.74, 6) is 0. The predicted octanol–water partition coefficient (Wildman–Crippen LogP) is 3.69. The number of nitrogens with one attached hydrogen (secondary N) is 1. The van der Waals surface area contributed by atoms with Gasteiger partial charge >= 0.3 is 0 Å². The highest BCUT2D eigenvalue weighted by atomic mass is 15.2. The minimum atomic E-state index is 0.362. The van der Waals surface area contributed by atoms with Crippen LogP contribution in [0.3, 0.4) is 0 Å². The lowest BCUT2D eigenvalue weighted by molar-refractivity contribution is 0.240. The fourth-order valence-electron chi connectivity index (χ4n) is 3.45. The van der Waals surface area contributed by atoms with Crippen LogP contribution in [0, 0.1) is 13.8 Å². The van der Waals surface area contributed by atoms with E-state index in [0.717, 1.165) is 26.2 Å². The maximum Gasteiger partial charge on any atom is 0.0604 e.